The van der Waals surface area contributed by atoms with Crippen LogP contribution in [0.5, 0.6) is 0 Å². The lowest BCUT2D eigenvalue weighted by molar-refractivity contribution is -0.138. The Kier molecular flexibility index (Phi) is 10.8. The zero-order valence-electron chi connectivity index (χ0n) is 22.2. The number of hydrogen-bond donors (Lipinski definition) is 1. The maximum absolute atomic E-state index is 13.9. The van der Waals surface area contributed by atoms with Gasteiger partial charge in [-0.1, -0.05) is 84.2 Å². The topological polar surface area (TPSA) is 86.8 Å². The van der Waals surface area contributed by atoms with Crippen LogP contribution in [0.15, 0.2) is 77.7 Å². The number of carbonyl (C=O) groups is 2. The molecule has 1 N–H and O–H groups in total. The molecule has 0 aliphatic carbocycles. The molecule has 7 nitrogen and oxygen atoms in total. The molecular weight excluding hydrogens is 557 g/mol. The average molecular weight is 591 g/mol. The van der Waals surface area contributed by atoms with E-state index in [9.17, 15) is 18.0 Å². The van der Waals surface area contributed by atoms with Crippen LogP contribution >= 0.6 is 23.2 Å². The number of amides is 2. The molecule has 39 heavy (non-hydrogen) atoms. The summed E-state index contributed by atoms with van der Waals surface area (Å²) in [4.78, 5) is 28.2. The van der Waals surface area contributed by atoms with Crippen LogP contribution in [0.2, 0.25) is 10.0 Å². The Labute approximate surface area is 240 Å². The van der Waals surface area contributed by atoms with Crippen molar-refractivity contribution >= 4 is 50.7 Å². The van der Waals surface area contributed by atoms with Gasteiger partial charge >= 0.3 is 0 Å². The Morgan fingerprint density at radius 3 is 2.26 bits per heavy atom. The van der Waals surface area contributed by atoms with E-state index in [-0.39, 0.29) is 33.1 Å². The fourth-order valence-electron chi connectivity index (χ4n) is 4.00. The highest BCUT2D eigenvalue weighted by atomic mass is 35.5. The van der Waals surface area contributed by atoms with E-state index in [1.54, 1.807) is 25.1 Å². The van der Waals surface area contributed by atoms with E-state index in [1.165, 1.54) is 29.2 Å². The SMILES string of the molecule is CCCNC(=O)[C@@H](C)N(CCc1ccccc1)C(=O)CN(c1cccc(Cl)c1Cl)S(=O)(=O)c1ccc(C)cc1. The Morgan fingerprint density at radius 1 is 0.949 bits per heavy atom. The number of rotatable bonds is 12. The van der Waals surface area contributed by atoms with Gasteiger partial charge in [0.1, 0.15) is 12.6 Å². The molecule has 3 rings (SSSR count). The summed E-state index contributed by atoms with van der Waals surface area (Å²) in [7, 11) is -4.22. The van der Waals surface area contributed by atoms with Crippen LogP contribution in [0.4, 0.5) is 5.69 Å². The molecule has 3 aromatic rings. The van der Waals surface area contributed by atoms with Gasteiger partial charge in [-0.15, -0.1) is 0 Å². The highest BCUT2D eigenvalue weighted by Gasteiger charge is 2.33. The van der Waals surface area contributed by atoms with E-state index >= 15 is 0 Å². The van der Waals surface area contributed by atoms with Crippen molar-refractivity contribution in [3.8, 4) is 0 Å². The van der Waals surface area contributed by atoms with Gasteiger partial charge in [-0.25, -0.2) is 8.42 Å². The van der Waals surface area contributed by atoms with Crippen molar-refractivity contribution in [1.82, 2.24) is 10.2 Å². The van der Waals surface area contributed by atoms with Crippen molar-refractivity contribution in [3.63, 3.8) is 0 Å². The number of nitrogens with one attached hydrogen (secondary N) is 1. The van der Waals surface area contributed by atoms with Gasteiger partial charge in [0.2, 0.25) is 11.8 Å². The molecule has 3 aromatic carbocycles. The molecule has 2 amide bonds. The monoisotopic (exact) mass is 589 g/mol. The van der Waals surface area contributed by atoms with Crippen molar-refractivity contribution in [2.45, 2.75) is 44.6 Å². The quantitative estimate of drug-likeness (QED) is 0.303. The summed E-state index contributed by atoms with van der Waals surface area (Å²) in [5.74, 6) is -0.858. The van der Waals surface area contributed by atoms with Crippen molar-refractivity contribution in [1.29, 1.82) is 0 Å². The van der Waals surface area contributed by atoms with Gasteiger partial charge in [0.15, 0.2) is 0 Å². The van der Waals surface area contributed by atoms with Gasteiger partial charge in [-0.05, 0) is 56.5 Å². The maximum Gasteiger partial charge on any atom is 0.264 e. The van der Waals surface area contributed by atoms with Crippen LogP contribution in [0.25, 0.3) is 0 Å². The summed E-state index contributed by atoms with van der Waals surface area (Å²) in [5.41, 5.74) is 1.94. The molecule has 1 atom stereocenters. The smallest absolute Gasteiger partial charge is 0.264 e. The lowest BCUT2D eigenvalue weighted by Gasteiger charge is -2.32. The third-order valence-corrected chi connectivity index (χ3v) is 8.87. The number of anilines is 1. The van der Waals surface area contributed by atoms with E-state index < -0.39 is 28.5 Å². The summed E-state index contributed by atoms with van der Waals surface area (Å²) >= 11 is 12.7. The fourth-order valence-corrected chi connectivity index (χ4v) is 5.88. The van der Waals surface area contributed by atoms with Gasteiger partial charge in [-0.2, -0.15) is 0 Å². The lowest BCUT2D eigenvalue weighted by atomic mass is 10.1. The molecule has 0 heterocycles. The van der Waals surface area contributed by atoms with Crippen LogP contribution in [-0.4, -0.2) is 50.8 Å². The molecule has 0 unspecified atom stereocenters. The number of sulfonamides is 1. The summed E-state index contributed by atoms with van der Waals surface area (Å²) in [6.07, 6.45) is 1.23. The summed E-state index contributed by atoms with van der Waals surface area (Å²) in [6.45, 7) is 5.53. The third-order valence-electron chi connectivity index (χ3n) is 6.29. The minimum Gasteiger partial charge on any atom is -0.354 e. The van der Waals surface area contributed by atoms with Gasteiger partial charge < -0.3 is 10.2 Å². The normalized spacial score (nSPS) is 12.0. The van der Waals surface area contributed by atoms with Crippen LogP contribution in [0.3, 0.4) is 0 Å². The van der Waals surface area contributed by atoms with Gasteiger partial charge in [0, 0.05) is 13.1 Å². The zero-order valence-corrected chi connectivity index (χ0v) is 24.6. The van der Waals surface area contributed by atoms with Crippen molar-refractivity contribution < 1.29 is 18.0 Å². The Balaban J connectivity index is 2.01. The van der Waals surface area contributed by atoms with Crippen molar-refractivity contribution in [2.75, 3.05) is 23.9 Å². The minimum absolute atomic E-state index is 0.00140. The zero-order chi connectivity index (χ0) is 28.6. The first kappa shape index (κ1) is 30.5. The molecule has 0 aliphatic heterocycles. The first-order valence-electron chi connectivity index (χ1n) is 12.7. The second kappa shape index (κ2) is 13.8. The highest BCUT2D eigenvalue weighted by molar-refractivity contribution is 7.92. The van der Waals surface area contributed by atoms with E-state index in [4.69, 9.17) is 23.2 Å². The minimum atomic E-state index is -4.22. The van der Waals surface area contributed by atoms with E-state index in [2.05, 4.69) is 5.32 Å². The van der Waals surface area contributed by atoms with Gasteiger partial charge in [-0.3, -0.25) is 13.9 Å². The number of carbonyl (C=O) groups excluding carboxylic acids is 2. The van der Waals surface area contributed by atoms with Crippen LogP contribution in [0.1, 0.15) is 31.4 Å². The number of halogens is 2. The highest BCUT2D eigenvalue weighted by Crippen LogP contribution is 2.35. The molecule has 0 saturated carbocycles. The second-order valence-corrected chi connectivity index (χ2v) is 11.8. The largest absolute Gasteiger partial charge is 0.354 e. The Morgan fingerprint density at radius 2 is 1.62 bits per heavy atom. The first-order valence-corrected chi connectivity index (χ1v) is 14.9. The molecule has 0 radical (unpaired) electrons. The summed E-state index contributed by atoms with van der Waals surface area (Å²) in [5, 5.41) is 2.98. The maximum atomic E-state index is 13.9. The van der Waals surface area contributed by atoms with Crippen LogP contribution in [0, 0.1) is 6.92 Å². The van der Waals surface area contributed by atoms with Crippen LogP contribution in [-0.2, 0) is 26.0 Å². The van der Waals surface area contributed by atoms with Gasteiger partial charge in [0.05, 0.1) is 20.6 Å². The molecular formula is C29H33Cl2N3O4S. The fraction of sp³-hybridized carbons (Fsp3) is 0.310. The lowest BCUT2D eigenvalue weighted by Crippen LogP contribution is -2.52. The Hall–Kier alpha value is -3.07. The second-order valence-electron chi connectivity index (χ2n) is 9.19. The summed E-state index contributed by atoms with van der Waals surface area (Å²) in [6, 6.07) is 19.7. The standard InChI is InChI=1S/C29H33Cl2N3O4S/c1-4-18-32-29(36)22(3)33(19-17-23-9-6-5-7-10-23)27(35)20-34(26-12-8-11-25(30)28(26)31)39(37,38)24-15-13-21(2)14-16-24/h5-16,22H,4,17-20H2,1-3H3,(H,32,36)/t22-/m1/s1. The third kappa shape index (κ3) is 7.75. The Bertz CT molecular complexity index is 1380. The number of aryl methyl sites for hydroxylation is 1. The van der Waals surface area contributed by atoms with E-state index in [0.29, 0.717) is 13.0 Å². The van der Waals surface area contributed by atoms with Crippen molar-refractivity contribution in [2.24, 2.45) is 0 Å². The molecule has 0 spiro atoms. The molecule has 0 saturated heterocycles. The van der Waals surface area contributed by atoms with Crippen molar-refractivity contribution in [3.05, 3.63) is 94.0 Å². The molecule has 0 bridgehead atoms. The molecule has 10 heteroatoms. The summed E-state index contributed by atoms with van der Waals surface area (Å²) < 4.78 is 28.7. The van der Waals surface area contributed by atoms with E-state index in [0.717, 1.165) is 21.9 Å². The number of nitrogens with zero attached hydrogens (tertiary/aromatic N) is 2. The molecule has 0 fully saturated rings. The molecule has 0 aromatic heterocycles. The average Bonchev–Trinajstić information content (AvgIpc) is 2.92. The molecule has 0 aliphatic rings. The number of hydrogen-bond acceptors (Lipinski definition) is 4. The first-order chi connectivity index (χ1) is 18.6. The predicted octanol–water partition coefficient (Wildman–Crippen LogP) is 5.48. The van der Waals surface area contributed by atoms with E-state index in [1.807, 2.05) is 44.2 Å². The van der Waals surface area contributed by atoms with Crippen LogP contribution < -0.4 is 9.62 Å². The molecule has 208 valence electrons. The number of benzene rings is 3. The van der Waals surface area contributed by atoms with Gasteiger partial charge in [0.25, 0.3) is 10.0 Å². The predicted molar refractivity (Wildman–Crippen MR) is 157 cm³/mol.